The molecule has 27 heavy (non-hydrogen) atoms. The number of ether oxygens (including phenoxy) is 1. The average Bonchev–Trinajstić information content (AvgIpc) is 2.58. The van der Waals surface area contributed by atoms with Crippen LogP contribution < -0.4 is 10.5 Å². The molecule has 0 aliphatic carbocycles. The van der Waals surface area contributed by atoms with Gasteiger partial charge in [-0.05, 0) is 19.2 Å². The summed E-state index contributed by atoms with van der Waals surface area (Å²) >= 11 is 0. The van der Waals surface area contributed by atoms with E-state index in [1.54, 1.807) is 6.20 Å². The topological polar surface area (TPSA) is 87.9 Å². The quantitative estimate of drug-likeness (QED) is 0.405. The molecule has 0 amide bonds. The largest absolute Gasteiger partial charge is 0.478 e. The predicted octanol–water partition coefficient (Wildman–Crippen LogP) is 1.41. The maximum absolute atomic E-state index is 12.9. The number of hydrogen-bond donors (Lipinski definition) is 1. The van der Waals surface area contributed by atoms with Crippen LogP contribution in [0.4, 0.5) is 5.82 Å². The molecule has 1 fully saturated rings. The van der Waals surface area contributed by atoms with Crippen LogP contribution in [0.15, 0.2) is 17.1 Å². The molecule has 1 N–H and O–H groups in total. The number of carboxylic acids is 1. The van der Waals surface area contributed by atoms with Crippen LogP contribution in [-0.2, 0) is 16.3 Å². The van der Waals surface area contributed by atoms with Crippen LogP contribution in [0.2, 0.25) is 25.7 Å². The molecule has 0 spiro atoms. The molecule has 0 radical (unpaired) electrons. The monoisotopic (exact) mass is 394 g/mol. The minimum atomic E-state index is -1.20. The highest BCUT2D eigenvalue weighted by Crippen LogP contribution is 2.12. The number of rotatable bonds is 8. The number of hydrogen-bond acceptors (Lipinski definition) is 6. The summed E-state index contributed by atoms with van der Waals surface area (Å²) in [4.78, 5) is 32.2. The van der Waals surface area contributed by atoms with Crippen LogP contribution in [0.5, 0.6) is 0 Å². The van der Waals surface area contributed by atoms with E-state index in [1.807, 2.05) is 11.9 Å². The van der Waals surface area contributed by atoms with E-state index in [0.717, 1.165) is 25.2 Å². The first-order chi connectivity index (χ1) is 12.7. The van der Waals surface area contributed by atoms with Crippen LogP contribution in [0.3, 0.4) is 0 Å². The third-order valence-electron chi connectivity index (χ3n) is 4.40. The van der Waals surface area contributed by atoms with E-state index in [0.29, 0.717) is 31.2 Å². The van der Waals surface area contributed by atoms with Gasteiger partial charge in [-0.3, -0.25) is 9.36 Å². The molecule has 1 saturated heterocycles. The van der Waals surface area contributed by atoms with Gasteiger partial charge in [0.1, 0.15) is 6.73 Å². The number of carboxylic acid groups (broad SMARTS) is 1. The Morgan fingerprint density at radius 3 is 2.56 bits per heavy atom. The van der Waals surface area contributed by atoms with E-state index in [4.69, 9.17) is 9.84 Å². The Hall–Kier alpha value is -1.97. The SMILES string of the molecule is CN1CCN(c2nc(/C=C/C(=O)O)cn(COCC[Si](C)(C)C)c2=O)CC1. The summed E-state index contributed by atoms with van der Waals surface area (Å²) in [6, 6.07) is 1.02. The summed E-state index contributed by atoms with van der Waals surface area (Å²) in [5.41, 5.74) is 0.222. The molecule has 0 saturated carbocycles. The Balaban J connectivity index is 2.22. The van der Waals surface area contributed by atoms with Crippen LogP contribution >= 0.6 is 0 Å². The zero-order valence-corrected chi connectivity index (χ0v) is 17.6. The number of aromatic nitrogens is 2. The van der Waals surface area contributed by atoms with Crippen molar-refractivity contribution in [3.63, 3.8) is 0 Å². The molecule has 1 aliphatic rings. The summed E-state index contributed by atoms with van der Waals surface area (Å²) in [5, 5.41) is 8.88. The average molecular weight is 395 g/mol. The molecule has 150 valence electrons. The highest BCUT2D eigenvalue weighted by atomic mass is 28.3. The van der Waals surface area contributed by atoms with Crippen molar-refractivity contribution in [1.82, 2.24) is 14.5 Å². The maximum Gasteiger partial charge on any atom is 0.328 e. The molecular formula is C18H30N4O4Si. The van der Waals surface area contributed by atoms with E-state index in [2.05, 4.69) is 29.5 Å². The minimum absolute atomic E-state index is 0.139. The molecule has 1 aliphatic heterocycles. The van der Waals surface area contributed by atoms with Gasteiger partial charge in [0.2, 0.25) is 0 Å². The number of aliphatic carboxylic acids is 1. The fraction of sp³-hybridized carbons (Fsp3) is 0.611. The molecule has 1 aromatic rings. The molecule has 0 unspecified atom stereocenters. The molecule has 1 aromatic heterocycles. The van der Waals surface area contributed by atoms with Gasteiger partial charge in [0, 0.05) is 53.1 Å². The van der Waals surface area contributed by atoms with Gasteiger partial charge in [-0.2, -0.15) is 0 Å². The van der Waals surface area contributed by atoms with Gasteiger partial charge < -0.3 is 19.6 Å². The number of anilines is 1. The summed E-state index contributed by atoms with van der Waals surface area (Å²) in [6.07, 6.45) is 3.98. The lowest BCUT2D eigenvalue weighted by molar-refractivity contribution is -0.131. The molecule has 2 rings (SSSR count). The predicted molar refractivity (Wildman–Crippen MR) is 109 cm³/mol. The normalized spacial score (nSPS) is 16.2. The highest BCUT2D eigenvalue weighted by Gasteiger charge is 2.20. The summed E-state index contributed by atoms with van der Waals surface area (Å²) in [5.74, 6) is -0.702. The Kier molecular flexibility index (Phi) is 7.34. The molecular weight excluding hydrogens is 364 g/mol. The molecule has 8 nitrogen and oxygen atoms in total. The third kappa shape index (κ3) is 6.93. The van der Waals surface area contributed by atoms with Crippen LogP contribution in [0.25, 0.3) is 6.08 Å². The Morgan fingerprint density at radius 2 is 1.96 bits per heavy atom. The summed E-state index contributed by atoms with van der Waals surface area (Å²) in [6.45, 7) is 10.7. The van der Waals surface area contributed by atoms with Gasteiger partial charge in [0.15, 0.2) is 5.82 Å². The fourth-order valence-electron chi connectivity index (χ4n) is 2.64. The van der Waals surface area contributed by atoms with Crippen molar-refractivity contribution in [2.45, 2.75) is 32.4 Å². The van der Waals surface area contributed by atoms with Crippen molar-refractivity contribution in [3.8, 4) is 0 Å². The minimum Gasteiger partial charge on any atom is -0.478 e. The van der Waals surface area contributed by atoms with Crippen LogP contribution in [-0.4, -0.2) is 73.4 Å². The van der Waals surface area contributed by atoms with Gasteiger partial charge in [-0.1, -0.05) is 19.6 Å². The van der Waals surface area contributed by atoms with Crippen molar-refractivity contribution in [2.75, 3.05) is 44.7 Å². The van der Waals surface area contributed by atoms with Gasteiger partial charge in [0.25, 0.3) is 5.56 Å². The van der Waals surface area contributed by atoms with E-state index in [9.17, 15) is 9.59 Å². The third-order valence-corrected chi connectivity index (χ3v) is 6.11. The van der Waals surface area contributed by atoms with Gasteiger partial charge in [0.05, 0.1) is 5.69 Å². The van der Waals surface area contributed by atoms with Crippen molar-refractivity contribution in [1.29, 1.82) is 0 Å². The molecule has 9 heteroatoms. The lowest BCUT2D eigenvalue weighted by Crippen LogP contribution is -2.47. The van der Waals surface area contributed by atoms with Crippen molar-refractivity contribution in [3.05, 3.63) is 28.3 Å². The van der Waals surface area contributed by atoms with E-state index in [1.165, 1.54) is 10.6 Å². The number of piperazine rings is 1. The fourth-order valence-corrected chi connectivity index (χ4v) is 3.40. The lowest BCUT2D eigenvalue weighted by Gasteiger charge is -2.33. The second kappa shape index (κ2) is 9.29. The molecule has 0 atom stereocenters. The lowest BCUT2D eigenvalue weighted by atomic mass is 10.3. The molecule has 2 heterocycles. The first kappa shape index (κ1) is 21.3. The zero-order chi connectivity index (χ0) is 20.0. The van der Waals surface area contributed by atoms with Gasteiger partial charge in [-0.15, -0.1) is 0 Å². The highest BCUT2D eigenvalue weighted by molar-refractivity contribution is 6.76. The standard InChI is InChI=1S/C18H30N4O4Si/c1-20-7-9-21(10-8-20)17-18(25)22(14-26-11-12-27(2,3)4)13-15(19-17)5-6-16(23)24/h5-6,13H,7-12,14H2,1-4H3,(H,23,24)/b6-5+. The molecule has 0 aromatic carbocycles. The van der Waals surface area contributed by atoms with Crippen LogP contribution in [0.1, 0.15) is 5.69 Å². The van der Waals surface area contributed by atoms with E-state index in [-0.39, 0.29) is 12.3 Å². The van der Waals surface area contributed by atoms with Crippen molar-refractivity contribution in [2.24, 2.45) is 0 Å². The second-order valence-electron chi connectivity index (χ2n) is 8.07. The molecule has 0 bridgehead atoms. The Morgan fingerprint density at radius 1 is 1.30 bits per heavy atom. The summed E-state index contributed by atoms with van der Waals surface area (Å²) < 4.78 is 7.20. The van der Waals surface area contributed by atoms with Gasteiger partial charge >= 0.3 is 5.97 Å². The zero-order valence-electron chi connectivity index (χ0n) is 16.6. The Labute approximate surface area is 161 Å². The van der Waals surface area contributed by atoms with Crippen molar-refractivity contribution >= 4 is 25.9 Å². The number of likely N-dealkylation sites (N-methyl/N-ethyl adjacent to an activating group) is 1. The first-order valence-electron chi connectivity index (χ1n) is 9.19. The maximum atomic E-state index is 12.9. The van der Waals surface area contributed by atoms with E-state index < -0.39 is 14.0 Å². The number of nitrogens with zero attached hydrogens (tertiary/aromatic N) is 4. The number of carbonyl (C=O) groups is 1. The van der Waals surface area contributed by atoms with Crippen molar-refractivity contribution < 1.29 is 14.6 Å². The first-order valence-corrected chi connectivity index (χ1v) is 12.9. The van der Waals surface area contributed by atoms with Gasteiger partial charge in [-0.25, -0.2) is 9.78 Å². The second-order valence-corrected chi connectivity index (χ2v) is 13.7. The van der Waals surface area contributed by atoms with E-state index >= 15 is 0 Å². The summed E-state index contributed by atoms with van der Waals surface area (Å²) in [7, 11) is 0.840. The van der Waals surface area contributed by atoms with Crippen LogP contribution in [0, 0.1) is 0 Å². The smallest absolute Gasteiger partial charge is 0.328 e. The Bertz CT molecular complexity index is 734.